The van der Waals surface area contributed by atoms with Gasteiger partial charge in [-0.3, -0.25) is 4.79 Å². The fourth-order valence-corrected chi connectivity index (χ4v) is 2.59. The number of halogens is 1. The maximum Gasteiger partial charge on any atom is 0.228 e. The average Bonchev–Trinajstić information content (AvgIpc) is 2.57. The van der Waals surface area contributed by atoms with Crippen LogP contribution in [0, 0.1) is 13.8 Å². The number of rotatable bonds is 2. The predicted molar refractivity (Wildman–Crippen MR) is 69.1 cm³/mol. The first-order valence-electron chi connectivity index (χ1n) is 5.62. The van der Waals surface area contributed by atoms with Crippen LogP contribution >= 0.6 is 11.6 Å². The molecule has 1 saturated heterocycles. The number of aryl methyl sites for hydroxylation is 2. The maximum absolute atomic E-state index is 11.8. The zero-order chi connectivity index (χ0) is 12.6. The molecule has 4 heteroatoms. The van der Waals surface area contributed by atoms with Crippen molar-refractivity contribution in [3.05, 3.63) is 23.3 Å². The number of amides is 1. The summed E-state index contributed by atoms with van der Waals surface area (Å²) < 4.78 is 5.31. The van der Waals surface area contributed by atoms with Gasteiger partial charge in [0.15, 0.2) is 0 Å². The summed E-state index contributed by atoms with van der Waals surface area (Å²) in [5.74, 6) is 0.969. The van der Waals surface area contributed by atoms with E-state index in [-0.39, 0.29) is 11.3 Å². The lowest BCUT2D eigenvalue weighted by Gasteiger charge is -2.19. The predicted octanol–water partition coefficient (Wildman–Crippen LogP) is 2.66. The molecular weight excluding hydrogens is 238 g/mol. The highest BCUT2D eigenvalue weighted by Gasteiger charge is 2.29. The molecule has 0 radical (unpaired) electrons. The van der Waals surface area contributed by atoms with Crippen LogP contribution in [0.4, 0.5) is 5.69 Å². The Morgan fingerprint density at radius 2 is 1.94 bits per heavy atom. The summed E-state index contributed by atoms with van der Waals surface area (Å²) in [7, 11) is 1.66. The van der Waals surface area contributed by atoms with Crippen molar-refractivity contribution in [2.75, 3.05) is 18.6 Å². The van der Waals surface area contributed by atoms with Gasteiger partial charge >= 0.3 is 0 Å². The molecular formula is C13H16ClNO2. The molecule has 1 fully saturated rings. The molecule has 1 heterocycles. The third-order valence-corrected chi connectivity index (χ3v) is 3.33. The Morgan fingerprint density at radius 1 is 1.35 bits per heavy atom. The van der Waals surface area contributed by atoms with Crippen LogP contribution in [0.15, 0.2) is 12.1 Å². The van der Waals surface area contributed by atoms with Crippen LogP contribution in [0.5, 0.6) is 5.75 Å². The lowest BCUT2D eigenvalue weighted by molar-refractivity contribution is -0.117. The Hall–Kier alpha value is -1.22. The molecule has 1 aromatic carbocycles. The number of hydrogen-bond donors (Lipinski definition) is 0. The molecule has 92 valence electrons. The molecule has 3 nitrogen and oxygen atoms in total. The van der Waals surface area contributed by atoms with Gasteiger partial charge in [-0.15, -0.1) is 11.6 Å². The minimum absolute atomic E-state index is 0.0785. The van der Waals surface area contributed by atoms with Gasteiger partial charge in [-0.25, -0.2) is 0 Å². The maximum atomic E-state index is 11.8. The van der Waals surface area contributed by atoms with E-state index < -0.39 is 0 Å². The van der Waals surface area contributed by atoms with Crippen LogP contribution < -0.4 is 9.64 Å². The number of hydrogen-bond acceptors (Lipinski definition) is 2. The average molecular weight is 254 g/mol. The zero-order valence-electron chi connectivity index (χ0n) is 10.3. The Morgan fingerprint density at radius 3 is 2.35 bits per heavy atom. The molecule has 17 heavy (non-hydrogen) atoms. The van der Waals surface area contributed by atoms with Crippen LogP contribution in [0.3, 0.4) is 0 Å². The van der Waals surface area contributed by atoms with Gasteiger partial charge in [-0.2, -0.15) is 0 Å². The van der Waals surface area contributed by atoms with Gasteiger partial charge in [0.2, 0.25) is 5.91 Å². The van der Waals surface area contributed by atoms with E-state index in [0.29, 0.717) is 13.0 Å². The van der Waals surface area contributed by atoms with Gasteiger partial charge in [0.25, 0.3) is 0 Å². The molecule has 1 atom stereocenters. The molecule has 1 unspecified atom stereocenters. The van der Waals surface area contributed by atoms with Crippen molar-refractivity contribution < 1.29 is 9.53 Å². The molecule has 1 aromatic rings. The van der Waals surface area contributed by atoms with Crippen LogP contribution in [0.2, 0.25) is 0 Å². The van der Waals surface area contributed by atoms with E-state index in [4.69, 9.17) is 16.3 Å². The number of alkyl halides is 1. The molecule has 1 aliphatic rings. The van der Waals surface area contributed by atoms with E-state index in [2.05, 4.69) is 0 Å². The number of methoxy groups -OCH3 is 1. The highest BCUT2D eigenvalue weighted by molar-refractivity contribution is 6.24. The molecule has 0 bridgehead atoms. The van der Waals surface area contributed by atoms with Crippen molar-refractivity contribution >= 4 is 23.2 Å². The fourth-order valence-electron chi connectivity index (χ4n) is 2.32. The standard InChI is InChI=1S/C13H16ClNO2/c1-8-4-11(5-9(2)13(8)17-3)15-7-10(14)6-12(15)16/h4-5,10H,6-7H2,1-3H3. The largest absolute Gasteiger partial charge is 0.496 e. The van der Waals surface area contributed by atoms with Crippen LogP contribution in [-0.2, 0) is 4.79 Å². The number of carbonyl (C=O) groups excluding carboxylic acids is 1. The third-order valence-electron chi connectivity index (χ3n) is 3.04. The molecule has 0 spiro atoms. The Labute approximate surface area is 106 Å². The van der Waals surface area contributed by atoms with Crippen LogP contribution in [0.25, 0.3) is 0 Å². The normalized spacial score (nSPS) is 19.9. The van der Waals surface area contributed by atoms with Gasteiger partial charge in [0, 0.05) is 18.7 Å². The molecule has 1 amide bonds. The lowest BCUT2D eigenvalue weighted by Crippen LogP contribution is -2.24. The number of anilines is 1. The Kier molecular flexibility index (Phi) is 3.29. The van der Waals surface area contributed by atoms with Crippen LogP contribution in [-0.4, -0.2) is 24.9 Å². The van der Waals surface area contributed by atoms with Crippen molar-refractivity contribution in [2.45, 2.75) is 25.6 Å². The highest BCUT2D eigenvalue weighted by Crippen LogP contribution is 2.31. The van der Waals surface area contributed by atoms with E-state index in [9.17, 15) is 4.79 Å². The van der Waals surface area contributed by atoms with Gasteiger partial charge in [0.05, 0.1) is 12.5 Å². The summed E-state index contributed by atoms with van der Waals surface area (Å²) in [4.78, 5) is 13.5. The van der Waals surface area contributed by atoms with E-state index >= 15 is 0 Å². The third kappa shape index (κ3) is 2.25. The first-order chi connectivity index (χ1) is 8.02. The van der Waals surface area contributed by atoms with Crippen molar-refractivity contribution in [3.8, 4) is 5.75 Å². The number of nitrogens with zero attached hydrogens (tertiary/aromatic N) is 1. The summed E-state index contributed by atoms with van der Waals surface area (Å²) in [6.45, 7) is 4.55. The SMILES string of the molecule is COc1c(C)cc(N2CC(Cl)CC2=O)cc1C. The van der Waals surface area contributed by atoms with Gasteiger partial charge in [0.1, 0.15) is 5.75 Å². The summed E-state index contributed by atoms with van der Waals surface area (Å²) in [6.07, 6.45) is 0.422. The molecule has 0 N–H and O–H groups in total. The second-order valence-electron chi connectivity index (χ2n) is 4.42. The van der Waals surface area contributed by atoms with E-state index in [1.807, 2.05) is 26.0 Å². The minimum Gasteiger partial charge on any atom is -0.496 e. The summed E-state index contributed by atoms with van der Waals surface area (Å²) in [5, 5.41) is -0.0785. The Bertz CT molecular complexity index is 436. The smallest absolute Gasteiger partial charge is 0.228 e. The summed E-state index contributed by atoms with van der Waals surface area (Å²) >= 11 is 6.00. The summed E-state index contributed by atoms with van der Waals surface area (Å²) in [6, 6.07) is 3.94. The molecule has 1 aliphatic heterocycles. The van der Waals surface area contributed by atoms with Crippen molar-refractivity contribution in [1.82, 2.24) is 0 Å². The van der Waals surface area contributed by atoms with E-state index in [1.54, 1.807) is 12.0 Å². The fraction of sp³-hybridized carbons (Fsp3) is 0.462. The lowest BCUT2D eigenvalue weighted by atomic mass is 10.1. The molecule has 0 aromatic heterocycles. The quantitative estimate of drug-likeness (QED) is 0.759. The topological polar surface area (TPSA) is 29.5 Å². The monoisotopic (exact) mass is 253 g/mol. The van der Waals surface area contributed by atoms with Crippen molar-refractivity contribution in [3.63, 3.8) is 0 Å². The van der Waals surface area contributed by atoms with Gasteiger partial charge in [-0.1, -0.05) is 0 Å². The van der Waals surface area contributed by atoms with Crippen LogP contribution in [0.1, 0.15) is 17.5 Å². The van der Waals surface area contributed by atoms with Crippen molar-refractivity contribution in [2.24, 2.45) is 0 Å². The highest BCUT2D eigenvalue weighted by atomic mass is 35.5. The number of ether oxygens (including phenoxy) is 1. The van der Waals surface area contributed by atoms with E-state index in [0.717, 1.165) is 22.6 Å². The first kappa shape index (κ1) is 12.2. The molecule has 2 rings (SSSR count). The zero-order valence-corrected chi connectivity index (χ0v) is 11.0. The minimum atomic E-state index is -0.0785. The second kappa shape index (κ2) is 4.57. The Balaban J connectivity index is 2.37. The summed E-state index contributed by atoms with van der Waals surface area (Å²) in [5.41, 5.74) is 2.98. The van der Waals surface area contributed by atoms with Crippen molar-refractivity contribution in [1.29, 1.82) is 0 Å². The second-order valence-corrected chi connectivity index (χ2v) is 5.04. The first-order valence-corrected chi connectivity index (χ1v) is 6.06. The number of benzene rings is 1. The van der Waals surface area contributed by atoms with Gasteiger partial charge < -0.3 is 9.64 Å². The molecule has 0 aliphatic carbocycles. The van der Waals surface area contributed by atoms with Gasteiger partial charge in [-0.05, 0) is 37.1 Å². The van der Waals surface area contributed by atoms with E-state index in [1.165, 1.54) is 0 Å². The number of carbonyl (C=O) groups is 1. The molecule has 0 saturated carbocycles.